The van der Waals surface area contributed by atoms with E-state index in [0.717, 1.165) is 6.07 Å². The van der Waals surface area contributed by atoms with Crippen molar-refractivity contribution in [3.8, 4) is 5.75 Å². The van der Waals surface area contributed by atoms with Crippen molar-refractivity contribution < 1.29 is 27.9 Å². The number of nitrogens with one attached hydrogen (secondary N) is 2. The van der Waals surface area contributed by atoms with E-state index in [4.69, 9.17) is 25.5 Å². The SMILES string of the molecule is CCOC(=O)C1=C(COc2ccc(F)cc2Cl)NC(=O)NC1c1ccco1. The average molecular weight is 395 g/mol. The van der Waals surface area contributed by atoms with Crippen molar-refractivity contribution in [3.05, 3.63) is 64.5 Å². The molecule has 1 aromatic heterocycles. The molecule has 2 aromatic rings. The van der Waals surface area contributed by atoms with E-state index in [1.54, 1.807) is 19.1 Å². The van der Waals surface area contributed by atoms with Gasteiger partial charge in [0.15, 0.2) is 0 Å². The summed E-state index contributed by atoms with van der Waals surface area (Å²) in [5.41, 5.74) is 0.337. The first kappa shape index (κ1) is 18.8. The molecule has 0 bridgehead atoms. The van der Waals surface area contributed by atoms with E-state index < -0.39 is 23.9 Å². The number of furan rings is 1. The standard InChI is InChI=1S/C18H16ClFN2O5/c1-2-25-17(23)15-12(9-27-13-6-5-10(20)8-11(13)19)21-18(24)22-16(15)14-4-3-7-26-14/h3-8,16H,2,9H2,1H3,(H2,21,22,24). The fourth-order valence-electron chi connectivity index (χ4n) is 2.59. The summed E-state index contributed by atoms with van der Waals surface area (Å²) in [4.78, 5) is 24.5. The summed E-state index contributed by atoms with van der Waals surface area (Å²) in [6.45, 7) is 1.63. The van der Waals surface area contributed by atoms with Gasteiger partial charge in [-0.2, -0.15) is 0 Å². The highest BCUT2D eigenvalue weighted by atomic mass is 35.5. The molecule has 142 valence electrons. The van der Waals surface area contributed by atoms with Gasteiger partial charge in [0, 0.05) is 0 Å². The zero-order valence-corrected chi connectivity index (χ0v) is 15.0. The number of carbonyl (C=O) groups excluding carboxylic acids is 2. The summed E-state index contributed by atoms with van der Waals surface area (Å²) in [5.74, 6) is -0.566. The molecular weight excluding hydrogens is 379 g/mol. The third kappa shape index (κ3) is 4.22. The Morgan fingerprint density at radius 3 is 2.85 bits per heavy atom. The quantitative estimate of drug-likeness (QED) is 0.733. The lowest BCUT2D eigenvalue weighted by molar-refractivity contribution is -0.139. The van der Waals surface area contributed by atoms with Gasteiger partial charge in [-0.1, -0.05) is 11.6 Å². The van der Waals surface area contributed by atoms with Gasteiger partial charge in [-0.3, -0.25) is 0 Å². The molecule has 7 nitrogen and oxygen atoms in total. The number of rotatable bonds is 6. The molecular formula is C18H16ClFN2O5. The van der Waals surface area contributed by atoms with Gasteiger partial charge in [-0.05, 0) is 37.3 Å². The Kier molecular flexibility index (Phi) is 5.66. The first-order valence-electron chi connectivity index (χ1n) is 8.08. The van der Waals surface area contributed by atoms with Gasteiger partial charge < -0.3 is 24.5 Å². The van der Waals surface area contributed by atoms with Crippen LogP contribution in [0.15, 0.2) is 52.3 Å². The van der Waals surface area contributed by atoms with Crippen LogP contribution in [-0.4, -0.2) is 25.2 Å². The van der Waals surface area contributed by atoms with E-state index in [1.807, 2.05) is 0 Å². The van der Waals surface area contributed by atoms with Crippen LogP contribution in [0.3, 0.4) is 0 Å². The van der Waals surface area contributed by atoms with Crippen molar-refractivity contribution >= 4 is 23.6 Å². The Balaban J connectivity index is 1.94. The average Bonchev–Trinajstić information content (AvgIpc) is 3.15. The molecule has 9 heteroatoms. The number of benzene rings is 1. The third-order valence-corrected chi connectivity index (χ3v) is 4.04. The number of hydrogen-bond acceptors (Lipinski definition) is 5. The lowest BCUT2D eigenvalue weighted by Crippen LogP contribution is -2.47. The first-order chi connectivity index (χ1) is 13.0. The molecule has 3 rings (SSSR count). The minimum atomic E-state index is -0.838. The van der Waals surface area contributed by atoms with Crippen LogP contribution in [0.5, 0.6) is 5.75 Å². The fourth-order valence-corrected chi connectivity index (χ4v) is 2.81. The van der Waals surface area contributed by atoms with Gasteiger partial charge in [-0.15, -0.1) is 0 Å². The summed E-state index contributed by atoms with van der Waals surface area (Å²) < 4.78 is 29.2. The van der Waals surface area contributed by atoms with E-state index in [2.05, 4.69) is 10.6 Å². The van der Waals surface area contributed by atoms with Crippen LogP contribution >= 0.6 is 11.6 Å². The van der Waals surface area contributed by atoms with Crippen LogP contribution in [0.1, 0.15) is 18.7 Å². The molecule has 1 unspecified atom stereocenters. The van der Waals surface area contributed by atoms with Gasteiger partial charge in [0.1, 0.15) is 30.0 Å². The maximum absolute atomic E-state index is 13.2. The van der Waals surface area contributed by atoms with Crippen molar-refractivity contribution in [2.24, 2.45) is 0 Å². The highest BCUT2D eigenvalue weighted by Gasteiger charge is 2.35. The molecule has 0 aliphatic carbocycles. The second kappa shape index (κ2) is 8.13. The van der Waals surface area contributed by atoms with E-state index >= 15 is 0 Å². The molecule has 0 saturated carbocycles. The molecule has 1 atom stereocenters. The van der Waals surface area contributed by atoms with Crippen molar-refractivity contribution in [1.82, 2.24) is 10.6 Å². The molecule has 27 heavy (non-hydrogen) atoms. The predicted molar refractivity (Wildman–Crippen MR) is 93.7 cm³/mol. The first-order valence-corrected chi connectivity index (χ1v) is 8.46. The normalized spacial score (nSPS) is 16.6. The molecule has 1 aliphatic heterocycles. The Labute approximate surface area is 159 Å². The number of amides is 2. The lowest BCUT2D eigenvalue weighted by atomic mass is 10.0. The molecule has 0 spiro atoms. The highest BCUT2D eigenvalue weighted by molar-refractivity contribution is 6.32. The Morgan fingerprint density at radius 2 is 2.19 bits per heavy atom. The van der Waals surface area contributed by atoms with Gasteiger partial charge >= 0.3 is 12.0 Å². The predicted octanol–water partition coefficient (Wildman–Crippen LogP) is 3.32. The van der Waals surface area contributed by atoms with Crippen molar-refractivity contribution in [2.45, 2.75) is 13.0 Å². The van der Waals surface area contributed by atoms with E-state index in [-0.39, 0.29) is 35.3 Å². The van der Waals surface area contributed by atoms with Crippen LogP contribution in [0.25, 0.3) is 0 Å². The van der Waals surface area contributed by atoms with Gasteiger partial charge in [-0.25, -0.2) is 14.0 Å². The van der Waals surface area contributed by atoms with E-state index in [0.29, 0.717) is 5.76 Å². The van der Waals surface area contributed by atoms with E-state index in [1.165, 1.54) is 18.4 Å². The van der Waals surface area contributed by atoms with E-state index in [9.17, 15) is 14.0 Å². The monoisotopic (exact) mass is 394 g/mol. The van der Waals surface area contributed by atoms with Gasteiger partial charge in [0.2, 0.25) is 0 Å². The summed E-state index contributed by atoms with van der Waals surface area (Å²) >= 11 is 5.95. The largest absolute Gasteiger partial charge is 0.486 e. The van der Waals surface area contributed by atoms with Crippen LogP contribution < -0.4 is 15.4 Å². The fraction of sp³-hybridized carbons (Fsp3) is 0.222. The lowest BCUT2D eigenvalue weighted by Gasteiger charge is -2.27. The van der Waals surface area contributed by atoms with Gasteiger partial charge in [0.05, 0.1) is 29.2 Å². The van der Waals surface area contributed by atoms with Crippen molar-refractivity contribution in [2.75, 3.05) is 13.2 Å². The minimum absolute atomic E-state index is 0.0659. The molecule has 0 saturated heterocycles. The van der Waals surface area contributed by atoms with Crippen LogP contribution in [-0.2, 0) is 9.53 Å². The number of ether oxygens (including phenoxy) is 2. The third-order valence-electron chi connectivity index (χ3n) is 3.74. The van der Waals surface area contributed by atoms with Crippen molar-refractivity contribution in [1.29, 1.82) is 0 Å². The maximum Gasteiger partial charge on any atom is 0.338 e. The number of carbonyl (C=O) groups is 2. The zero-order valence-electron chi connectivity index (χ0n) is 14.3. The molecule has 2 amide bonds. The van der Waals surface area contributed by atoms with Gasteiger partial charge in [0.25, 0.3) is 0 Å². The summed E-state index contributed by atoms with van der Waals surface area (Å²) in [6.07, 6.45) is 1.43. The number of esters is 1. The molecule has 2 heterocycles. The zero-order chi connectivity index (χ0) is 19.4. The number of urea groups is 1. The topological polar surface area (TPSA) is 89.8 Å². The Morgan fingerprint density at radius 1 is 1.37 bits per heavy atom. The second-order valence-corrected chi connectivity index (χ2v) is 5.93. The van der Waals surface area contributed by atoms with Crippen LogP contribution in [0, 0.1) is 5.82 Å². The summed E-state index contributed by atoms with van der Waals surface area (Å²) in [7, 11) is 0. The van der Waals surface area contributed by atoms with Crippen LogP contribution in [0.4, 0.5) is 9.18 Å². The molecule has 1 aromatic carbocycles. The second-order valence-electron chi connectivity index (χ2n) is 5.52. The van der Waals surface area contributed by atoms with Crippen LogP contribution in [0.2, 0.25) is 5.02 Å². The number of halogens is 2. The highest BCUT2D eigenvalue weighted by Crippen LogP contribution is 2.30. The molecule has 1 aliphatic rings. The summed E-state index contributed by atoms with van der Waals surface area (Å²) in [6, 6.07) is 5.54. The minimum Gasteiger partial charge on any atom is -0.486 e. The van der Waals surface area contributed by atoms with Crippen molar-refractivity contribution in [3.63, 3.8) is 0 Å². The Bertz CT molecular complexity index is 882. The molecule has 2 N–H and O–H groups in total. The smallest absolute Gasteiger partial charge is 0.338 e. The number of hydrogen-bond donors (Lipinski definition) is 2. The Hall–Kier alpha value is -3.00. The maximum atomic E-state index is 13.2. The molecule has 0 fully saturated rings. The summed E-state index contributed by atoms with van der Waals surface area (Å²) in [5, 5.41) is 5.23. The molecule has 0 radical (unpaired) electrons.